The highest BCUT2D eigenvalue weighted by molar-refractivity contribution is 14.1. The van der Waals surface area contributed by atoms with E-state index < -0.39 is 0 Å². The predicted molar refractivity (Wildman–Crippen MR) is 85.1 cm³/mol. The van der Waals surface area contributed by atoms with Crippen LogP contribution in [0, 0.1) is 3.57 Å². The summed E-state index contributed by atoms with van der Waals surface area (Å²) in [5, 5.41) is 3.83. The molecule has 3 nitrogen and oxygen atoms in total. The van der Waals surface area contributed by atoms with Gasteiger partial charge in [0.15, 0.2) is 0 Å². The van der Waals surface area contributed by atoms with Crippen LogP contribution in [0.25, 0.3) is 21.6 Å². The molecule has 1 unspecified atom stereocenters. The zero-order chi connectivity index (χ0) is 13.5. The Morgan fingerprint density at radius 1 is 1.16 bits per heavy atom. The van der Waals surface area contributed by atoms with E-state index in [-0.39, 0.29) is 5.41 Å². The minimum atomic E-state index is -0.223. The van der Waals surface area contributed by atoms with Crippen molar-refractivity contribution < 1.29 is 0 Å². The third-order valence-corrected chi connectivity index (χ3v) is 4.51. The Morgan fingerprint density at radius 3 is 2.68 bits per heavy atom. The minimum Gasteiger partial charge on any atom is -0.0927 e. The number of nitrogens with zero attached hydrogens (tertiary/aromatic N) is 3. The lowest BCUT2D eigenvalue weighted by Crippen LogP contribution is -2.24. The van der Waals surface area contributed by atoms with Gasteiger partial charge in [0.05, 0.1) is 0 Å². The van der Waals surface area contributed by atoms with Crippen molar-refractivity contribution in [2.24, 2.45) is 5.11 Å². The molecule has 0 aliphatic heterocycles. The molecule has 0 aromatic heterocycles. The summed E-state index contributed by atoms with van der Waals surface area (Å²) in [6.45, 7) is 2.61. The predicted octanol–water partition coefficient (Wildman–Crippen LogP) is 4.89. The highest BCUT2D eigenvalue weighted by atomic mass is 127. The number of azide groups is 1. The number of hydrogen-bond donors (Lipinski definition) is 0. The Bertz CT molecular complexity index is 704. The molecule has 1 aliphatic carbocycles. The molecule has 0 saturated heterocycles. The Labute approximate surface area is 125 Å². The van der Waals surface area contributed by atoms with Crippen molar-refractivity contribution in [2.75, 3.05) is 6.54 Å². The molecule has 0 radical (unpaired) electrons. The van der Waals surface area contributed by atoms with Crippen LogP contribution in [0.15, 0.2) is 47.6 Å². The zero-order valence-electron chi connectivity index (χ0n) is 10.5. The summed E-state index contributed by atoms with van der Waals surface area (Å²) < 4.78 is 1.20. The average Bonchev–Trinajstić information content (AvgIpc) is 2.67. The molecule has 0 amide bonds. The summed E-state index contributed by atoms with van der Waals surface area (Å²) in [5.74, 6) is 0. The first kappa shape index (κ1) is 12.5. The summed E-state index contributed by atoms with van der Waals surface area (Å²) in [6, 6.07) is 14.9. The largest absolute Gasteiger partial charge is 0.0927 e. The number of benzene rings is 2. The lowest BCUT2D eigenvalue weighted by Gasteiger charge is -2.25. The molecule has 0 heterocycles. The van der Waals surface area contributed by atoms with Gasteiger partial charge in [0.2, 0.25) is 0 Å². The highest BCUT2D eigenvalue weighted by Gasteiger charge is 2.38. The van der Waals surface area contributed by atoms with Crippen LogP contribution >= 0.6 is 22.6 Å². The molecule has 19 heavy (non-hydrogen) atoms. The lowest BCUT2D eigenvalue weighted by atomic mass is 9.80. The average molecular weight is 361 g/mol. The number of fused-ring (bicyclic) bond motifs is 3. The maximum atomic E-state index is 8.65. The maximum absolute atomic E-state index is 8.65. The molecule has 1 atom stereocenters. The first-order valence-corrected chi connectivity index (χ1v) is 7.15. The SMILES string of the molecule is CC1(CN=[N+]=[N-])c2ccccc2-c2ccc(I)cc21. The van der Waals surface area contributed by atoms with Gasteiger partial charge in [0.25, 0.3) is 0 Å². The van der Waals surface area contributed by atoms with Gasteiger partial charge in [-0.05, 0) is 62.5 Å². The van der Waals surface area contributed by atoms with E-state index in [9.17, 15) is 0 Å². The molecule has 0 fully saturated rings. The highest BCUT2D eigenvalue weighted by Crippen LogP contribution is 2.49. The van der Waals surface area contributed by atoms with E-state index in [0.29, 0.717) is 6.54 Å². The zero-order valence-corrected chi connectivity index (χ0v) is 12.6. The molecule has 1 aliphatic rings. The van der Waals surface area contributed by atoms with Crippen LogP contribution in [0.2, 0.25) is 0 Å². The van der Waals surface area contributed by atoms with Gasteiger partial charge in [-0.15, -0.1) is 0 Å². The molecule has 0 bridgehead atoms. The summed E-state index contributed by atoms with van der Waals surface area (Å²) >= 11 is 2.32. The van der Waals surface area contributed by atoms with Crippen molar-refractivity contribution in [3.63, 3.8) is 0 Å². The van der Waals surface area contributed by atoms with Crippen molar-refractivity contribution in [3.8, 4) is 11.1 Å². The first-order chi connectivity index (χ1) is 9.16. The Hall–Kier alpha value is -1.52. The van der Waals surface area contributed by atoms with E-state index >= 15 is 0 Å². The maximum Gasteiger partial charge on any atom is 0.0393 e. The fraction of sp³-hybridized carbons (Fsp3) is 0.200. The van der Waals surface area contributed by atoms with Gasteiger partial charge in [-0.2, -0.15) is 0 Å². The second kappa shape index (κ2) is 4.54. The van der Waals surface area contributed by atoms with Crippen LogP contribution in [0.1, 0.15) is 18.1 Å². The van der Waals surface area contributed by atoms with Gasteiger partial charge >= 0.3 is 0 Å². The first-order valence-electron chi connectivity index (χ1n) is 6.07. The molecular weight excluding hydrogens is 349 g/mol. The normalized spacial score (nSPS) is 19.5. The van der Waals surface area contributed by atoms with E-state index in [4.69, 9.17) is 5.53 Å². The summed E-state index contributed by atoms with van der Waals surface area (Å²) in [6.07, 6.45) is 0. The van der Waals surface area contributed by atoms with Crippen LogP contribution in [0.3, 0.4) is 0 Å². The van der Waals surface area contributed by atoms with Crippen LogP contribution in [-0.4, -0.2) is 6.54 Å². The number of hydrogen-bond acceptors (Lipinski definition) is 1. The Balaban J connectivity index is 2.31. The quantitative estimate of drug-likeness (QED) is 0.317. The fourth-order valence-corrected chi connectivity index (χ4v) is 3.39. The van der Waals surface area contributed by atoms with E-state index in [1.54, 1.807) is 0 Å². The molecule has 2 aromatic carbocycles. The Morgan fingerprint density at radius 2 is 1.89 bits per heavy atom. The second-order valence-electron chi connectivity index (χ2n) is 4.96. The molecule has 4 heteroatoms. The van der Waals surface area contributed by atoms with Crippen molar-refractivity contribution >= 4 is 22.6 Å². The second-order valence-corrected chi connectivity index (χ2v) is 6.20. The van der Waals surface area contributed by atoms with E-state index in [1.165, 1.54) is 25.8 Å². The summed E-state index contributed by atoms with van der Waals surface area (Å²) in [5.41, 5.74) is 13.4. The summed E-state index contributed by atoms with van der Waals surface area (Å²) in [7, 11) is 0. The molecule has 0 spiro atoms. The molecule has 2 aromatic rings. The third kappa shape index (κ3) is 1.83. The van der Waals surface area contributed by atoms with Gasteiger partial charge < -0.3 is 0 Å². The van der Waals surface area contributed by atoms with Crippen molar-refractivity contribution in [3.05, 3.63) is 67.6 Å². The topological polar surface area (TPSA) is 48.8 Å². The van der Waals surface area contributed by atoms with E-state index in [1.807, 2.05) is 6.07 Å². The number of halogens is 1. The smallest absolute Gasteiger partial charge is 0.0393 e. The molecule has 3 rings (SSSR count). The van der Waals surface area contributed by atoms with Gasteiger partial charge in [-0.3, -0.25) is 0 Å². The van der Waals surface area contributed by atoms with Gasteiger partial charge in [-0.1, -0.05) is 42.4 Å². The van der Waals surface area contributed by atoms with E-state index in [2.05, 4.69) is 75.9 Å². The van der Waals surface area contributed by atoms with Crippen molar-refractivity contribution in [2.45, 2.75) is 12.3 Å². The Kier molecular flexibility index (Phi) is 2.99. The van der Waals surface area contributed by atoms with Crippen LogP contribution in [-0.2, 0) is 5.41 Å². The third-order valence-electron chi connectivity index (χ3n) is 3.84. The molecule has 0 saturated carbocycles. The van der Waals surface area contributed by atoms with Crippen LogP contribution in [0.4, 0.5) is 0 Å². The van der Waals surface area contributed by atoms with Gasteiger partial charge in [-0.25, -0.2) is 0 Å². The molecular formula is C15H12IN3. The monoisotopic (exact) mass is 361 g/mol. The summed E-state index contributed by atoms with van der Waals surface area (Å²) in [4.78, 5) is 2.94. The van der Waals surface area contributed by atoms with Crippen molar-refractivity contribution in [1.82, 2.24) is 0 Å². The number of rotatable bonds is 2. The van der Waals surface area contributed by atoms with Gasteiger partial charge in [0.1, 0.15) is 0 Å². The van der Waals surface area contributed by atoms with Crippen molar-refractivity contribution in [1.29, 1.82) is 0 Å². The standard InChI is InChI=1S/C15H12IN3/c1-15(9-18-19-17)13-5-3-2-4-11(13)12-7-6-10(16)8-14(12)15/h2-8H,9H2,1H3. The lowest BCUT2D eigenvalue weighted by molar-refractivity contribution is 0.598. The fourth-order valence-electron chi connectivity index (χ4n) is 2.90. The van der Waals surface area contributed by atoms with Gasteiger partial charge in [0, 0.05) is 20.4 Å². The van der Waals surface area contributed by atoms with Crippen LogP contribution in [0.5, 0.6) is 0 Å². The molecule has 0 N–H and O–H groups in total. The molecule has 94 valence electrons. The van der Waals surface area contributed by atoms with E-state index in [0.717, 1.165) is 0 Å². The van der Waals surface area contributed by atoms with Crippen LogP contribution < -0.4 is 0 Å². The minimum absolute atomic E-state index is 0.223.